The highest BCUT2D eigenvalue weighted by Crippen LogP contribution is 2.35. The number of likely N-dealkylation sites (tertiary alicyclic amines) is 2. The number of carbonyl (C=O) groups excluding carboxylic acids is 4. The van der Waals surface area contributed by atoms with E-state index in [1.165, 1.54) is 14.2 Å². The third-order valence-corrected chi connectivity index (χ3v) is 9.80. The fraction of sp³-hybridized carbons (Fsp3) is 0.300. The van der Waals surface area contributed by atoms with E-state index in [2.05, 4.69) is 37.4 Å². The normalized spacial score (nSPS) is 17.7. The van der Waals surface area contributed by atoms with Crippen molar-refractivity contribution < 1.29 is 28.7 Å². The van der Waals surface area contributed by atoms with E-state index < -0.39 is 24.3 Å². The van der Waals surface area contributed by atoms with Gasteiger partial charge >= 0.3 is 12.2 Å². The van der Waals surface area contributed by atoms with Gasteiger partial charge in [-0.3, -0.25) is 9.59 Å². The molecule has 14 heteroatoms. The summed E-state index contributed by atoms with van der Waals surface area (Å²) in [5.41, 5.74) is 4.18. The molecule has 0 radical (unpaired) electrons. The highest BCUT2D eigenvalue weighted by atomic mass is 16.5. The average Bonchev–Trinajstić information content (AvgIpc) is 4.04. The topological polar surface area (TPSA) is 175 Å². The Balaban J connectivity index is 1.06. The molecule has 0 spiro atoms. The van der Waals surface area contributed by atoms with E-state index in [0.717, 1.165) is 35.9 Å². The summed E-state index contributed by atoms with van der Waals surface area (Å²) in [6.07, 6.45) is 3.29. The zero-order valence-corrected chi connectivity index (χ0v) is 29.9. The van der Waals surface area contributed by atoms with E-state index in [4.69, 9.17) is 14.5 Å². The molecule has 3 aromatic carbocycles. The largest absolute Gasteiger partial charge is 0.453 e. The Morgan fingerprint density at radius 3 is 1.85 bits per heavy atom. The monoisotopic (exact) mass is 728 g/mol. The highest BCUT2D eigenvalue weighted by molar-refractivity contribution is 5.88. The number of methoxy groups -OCH3 is 2. The molecule has 1 unspecified atom stereocenters. The zero-order chi connectivity index (χ0) is 37.6. The Bertz CT molecular complexity index is 2210. The number of nitrogens with zero attached hydrogens (tertiary/aromatic N) is 4. The second kappa shape index (κ2) is 16.0. The number of hydrogen-bond acceptors (Lipinski definition) is 8. The van der Waals surface area contributed by atoms with E-state index in [1.54, 1.807) is 40.3 Å². The number of alkyl carbamates (subject to hydrolysis) is 2. The molecule has 5 aromatic rings. The number of aromatic nitrogens is 4. The quantitative estimate of drug-likeness (QED) is 0.158. The summed E-state index contributed by atoms with van der Waals surface area (Å²) in [6.45, 7) is 1.05. The van der Waals surface area contributed by atoms with Gasteiger partial charge in [-0.05, 0) is 60.9 Å². The maximum absolute atomic E-state index is 13.9. The number of nitrogens with one attached hydrogen (secondary N) is 4. The minimum Gasteiger partial charge on any atom is -0.453 e. The van der Waals surface area contributed by atoms with Gasteiger partial charge in [0.25, 0.3) is 11.8 Å². The third kappa shape index (κ3) is 7.61. The van der Waals surface area contributed by atoms with Gasteiger partial charge in [0.2, 0.25) is 0 Å². The fourth-order valence-corrected chi connectivity index (χ4v) is 7.15. The molecule has 0 bridgehead atoms. The van der Waals surface area contributed by atoms with Crippen LogP contribution in [0.2, 0.25) is 0 Å². The first-order valence-corrected chi connectivity index (χ1v) is 17.8. The zero-order valence-electron chi connectivity index (χ0n) is 29.9. The first kappa shape index (κ1) is 35.8. The van der Waals surface area contributed by atoms with Crippen molar-refractivity contribution in [2.24, 2.45) is 0 Å². The van der Waals surface area contributed by atoms with Crippen LogP contribution in [0.3, 0.4) is 0 Å². The number of imidazole rings is 2. The van der Waals surface area contributed by atoms with Crippen molar-refractivity contribution in [1.82, 2.24) is 40.4 Å². The van der Waals surface area contributed by atoms with Crippen LogP contribution in [0.1, 0.15) is 83.9 Å². The fourth-order valence-electron chi connectivity index (χ4n) is 7.15. The van der Waals surface area contributed by atoms with Crippen LogP contribution in [0.15, 0.2) is 85.1 Å². The Labute approximate surface area is 311 Å². The Morgan fingerprint density at radius 1 is 0.741 bits per heavy atom. The van der Waals surface area contributed by atoms with Crippen molar-refractivity contribution in [3.63, 3.8) is 0 Å². The first-order chi connectivity index (χ1) is 26.3. The van der Waals surface area contributed by atoms with Gasteiger partial charge in [0.1, 0.15) is 29.4 Å². The SMILES string of the molecule is COC(=O)N[C@@H](C(=O)N1CCCC1c1ncc(C#Cc2ccc3nc([C@@H]4CCCN4C(=O)[C@H](NC(=O)OC)c4ccccc4)[nH]c3c2)[nH]1)c1ccccc1. The van der Waals surface area contributed by atoms with Gasteiger partial charge in [-0.15, -0.1) is 0 Å². The van der Waals surface area contributed by atoms with Crippen LogP contribution in [0.4, 0.5) is 9.59 Å². The highest BCUT2D eigenvalue weighted by Gasteiger charge is 2.38. The summed E-state index contributed by atoms with van der Waals surface area (Å²) in [4.78, 5) is 71.7. The maximum atomic E-state index is 13.9. The van der Waals surface area contributed by atoms with E-state index in [0.29, 0.717) is 48.0 Å². The van der Waals surface area contributed by atoms with Gasteiger partial charge in [-0.2, -0.15) is 0 Å². The van der Waals surface area contributed by atoms with Crippen LogP contribution in [0.5, 0.6) is 0 Å². The van der Waals surface area contributed by atoms with Crippen LogP contribution in [0.25, 0.3) is 11.0 Å². The molecule has 14 nitrogen and oxygen atoms in total. The predicted octanol–water partition coefficient (Wildman–Crippen LogP) is 5.21. The van der Waals surface area contributed by atoms with Gasteiger partial charge in [-0.1, -0.05) is 66.6 Å². The van der Waals surface area contributed by atoms with Crippen LogP contribution < -0.4 is 10.6 Å². The van der Waals surface area contributed by atoms with Gasteiger partial charge < -0.3 is 39.9 Å². The van der Waals surface area contributed by atoms with Crippen molar-refractivity contribution in [1.29, 1.82) is 0 Å². The number of aromatic amines is 2. The average molecular weight is 729 g/mol. The number of amides is 4. The molecule has 2 saturated heterocycles. The van der Waals surface area contributed by atoms with Crippen molar-refractivity contribution in [2.45, 2.75) is 49.9 Å². The van der Waals surface area contributed by atoms with Crippen LogP contribution in [-0.2, 0) is 19.1 Å². The minimum absolute atomic E-state index is 0.237. The van der Waals surface area contributed by atoms with Crippen molar-refractivity contribution >= 4 is 35.0 Å². The van der Waals surface area contributed by atoms with Crippen molar-refractivity contribution in [3.8, 4) is 11.8 Å². The molecule has 2 fully saturated rings. The number of benzene rings is 3. The lowest BCUT2D eigenvalue weighted by atomic mass is 10.1. The summed E-state index contributed by atoms with van der Waals surface area (Å²) < 4.78 is 9.61. The minimum atomic E-state index is -0.904. The molecule has 7 rings (SSSR count). The molecule has 4 amide bonds. The standard InChI is InChI=1S/C40H40N8O6/c1-53-39(51)45-33(26-11-5-3-6-12-26)37(49)47-21-9-15-31(47)35-41-24-28(42-35)19-17-25-18-20-29-30(23-25)44-36(43-29)32-16-10-22-48(32)38(50)34(46-40(52)54-2)27-13-7-4-8-14-27/h3-8,11-14,18,20,23-24,31-34H,9-10,15-16,21-22H2,1-2H3,(H,41,42)(H,43,44)(H,45,51)(H,46,52)/t31?,32-,33+,34+/m0/s1. The molecule has 2 aromatic heterocycles. The molecule has 4 N–H and O–H groups in total. The smallest absolute Gasteiger partial charge is 0.407 e. The molecule has 54 heavy (non-hydrogen) atoms. The molecule has 276 valence electrons. The van der Waals surface area contributed by atoms with Crippen molar-refractivity contribution in [2.75, 3.05) is 27.3 Å². The molecule has 4 heterocycles. The molecular weight excluding hydrogens is 688 g/mol. The second-order valence-corrected chi connectivity index (χ2v) is 13.1. The summed E-state index contributed by atoms with van der Waals surface area (Å²) in [5.74, 6) is 7.15. The lowest BCUT2D eigenvalue weighted by Gasteiger charge is -2.28. The van der Waals surface area contributed by atoms with Crippen LogP contribution in [0, 0.1) is 11.8 Å². The van der Waals surface area contributed by atoms with Crippen LogP contribution >= 0.6 is 0 Å². The number of hydrogen-bond donors (Lipinski definition) is 4. The van der Waals surface area contributed by atoms with Crippen LogP contribution in [-0.4, -0.2) is 81.0 Å². The molecule has 4 atom stereocenters. The lowest BCUT2D eigenvalue weighted by molar-refractivity contribution is -0.135. The van der Waals surface area contributed by atoms with E-state index in [1.807, 2.05) is 54.6 Å². The number of rotatable bonds is 8. The summed E-state index contributed by atoms with van der Waals surface area (Å²) in [6, 6.07) is 21.5. The predicted molar refractivity (Wildman–Crippen MR) is 197 cm³/mol. The summed E-state index contributed by atoms with van der Waals surface area (Å²) >= 11 is 0. The summed E-state index contributed by atoms with van der Waals surface area (Å²) in [7, 11) is 2.53. The lowest BCUT2D eigenvalue weighted by Crippen LogP contribution is -2.42. The first-order valence-electron chi connectivity index (χ1n) is 17.8. The Kier molecular flexibility index (Phi) is 10.6. The van der Waals surface area contributed by atoms with E-state index in [9.17, 15) is 19.2 Å². The van der Waals surface area contributed by atoms with Gasteiger partial charge in [0, 0.05) is 18.7 Å². The molecule has 2 aliphatic rings. The number of H-pyrrole nitrogens is 2. The number of fused-ring (bicyclic) bond motifs is 1. The number of carbonyl (C=O) groups is 4. The van der Waals surface area contributed by atoms with Gasteiger partial charge in [-0.25, -0.2) is 19.6 Å². The third-order valence-electron chi connectivity index (χ3n) is 9.80. The van der Waals surface area contributed by atoms with Gasteiger partial charge in [0.15, 0.2) is 0 Å². The maximum Gasteiger partial charge on any atom is 0.407 e. The van der Waals surface area contributed by atoms with Gasteiger partial charge in [0.05, 0.1) is 43.5 Å². The molecule has 2 aliphatic heterocycles. The summed E-state index contributed by atoms with van der Waals surface area (Å²) in [5, 5.41) is 5.38. The molecule has 0 saturated carbocycles. The van der Waals surface area contributed by atoms with E-state index in [-0.39, 0.29) is 23.9 Å². The second-order valence-electron chi connectivity index (χ2n) is 13.1. The number of ether oxygens (including phenoxy) is 2. The van der Waals surface area contributed by atoms with Crippen molar-refractivity contribution in [3.05, 3.63) is 119 Å². The molecule has 0 aliphatic carbocycles. The Morgan fingerprint density at radius 2 is 1.30 bits per heavy atom. The molecular formula is C40H40N8O6. The van der Waals surface area contributed by atoms with E-state index >= 15 is 0 Å². The Hall–Kier alpha value is -6.62.